The Labute approximate surface area is 69.1 Å². The van der Waals surface area contributed by atoms with Gasteiger partial charge in [-0.2, -0.15) is 0 Å². The second-order valence-electron chi connectivity index (χ2n) is 2.82. The Morgan fingerprint density at radius 3 is 3.17 bits per heavy atom. The predicted octanol–water partition coefficient (Wildman–Crippen LogP) is -0.656. The molecule has 1 aliphatic rings. The Kier molecular flexibility index (Phi) is 1.58. The molecule has 1 unspecified atom stereocenters. The molecule has 0 spiro atoms. The van der Waals surface area contributed by atoms with Crippen molar-refractivity contribution in [2.45, 2.75) is 12.6 Å². The summed E-state index contributed by atoms with van der Waals surface area (Å²) in [6, 6.07) is 1.42. The summed E-state index contributed by atoms with van der Waals surface area (Å²) in [5, 5.41) is 3.69. The summed E-state index contributed by atoms with van der Waals surface area (Å²) in [6.45, 7) is 1.12. The van der Waals surface area contributed by atoms with Crippen molar-refractivity contribution in [3.05, 3.63) is 18.0 Å². The lowest BCUT2D eigenvalue weighted by molar-refractivity contribution is -0.143. The van der Waals surface area contributed by atoms with Gasteiger partial charge in [-0.25, -0.2) is 0 Å². The molecular formula is C7H9N3O2. The summed E-state index contributed by atoms with van der Waals surface area (Å²) >= 11 is 0. The molecule has 1 fully saturated rings. The van der Waals surface area contributed by atoms with Gasteiger partial charge in [-0.15, -0.1) is 0 Å². The Hall–Kier alpha value is -1.36. The third-order valence-corrected chi connectivity index (χ3v) is 1.89. The molecule has 1 aromatic rings. The minimum absolute atomic E-state index is 0.0157. The van der Waals surface area contributed by atoms with Crippen LogP contribution in [0.3, 0.4) is 0 Å². The number of hydrogen-bond acceptors (Lipinski definition) is 4. The second kappa shape index (κ2) is 2.60. The van der Waals surface area contributed by atoms with Crippen LogP contribution in [0.5, 0.6) is 0 Å². The predicted molar refractivity (Wildman–Crippen MR) is 39.9 cm³/mol. The summed E-state index contributed by atoms with van der Waals surface area (Å²) in [5.41, 5.74) is 6.17. The maximum absolute atomic E-state index is 11.0. The molecule has 1 atom stereocenters. The standard InChI is InChI=1S/C7H9N3O2/c8-6-4-10(7(6)11)3-5-1-2-12-9-5/h1-2,6H,3-4,8H2. The molecule has 0 saturated carbocycles. The maximum Gasteiger partial charge on any atom is 0.241 e. The molecule has 12 heavy (non-hydrogen) atoms. The van der Waals surface area contributed by atoms with E-state index in [0.717, 1.165) is 5.69 Å². The van der Waals surface area contributed by atoms with Crippen molar-refractivity contribution in [2.75, 3.05) is 6.54 Å². The molecule has 0 radical (unpaired) electrons. The summed E-state index contributed by atoms with van der Waals surface area (Å²) < 4.78 is 4.63. The molecule has 1 amide bonds. The van der Waals surface area contributed by atoms with Gasteiger partial charge in [-0.1, -0.05) is 5.16 Å². The Morgan fingerprint density at radius 1 is 1.83 bits per heavy atom. The average molecular weight is 167 g/mol. The largest absolute Gasteiger partial charge is 0.364 e. The molecule has 2 heterocycles. The van der Waals surface area contributed by atoms with E-state index in [0.29, 0.717) is 13.1 Å². The lowest BCUT2D eigenvalue weighted by Crippen LogP contribution is -2.60. The van der Waals surface area contributed by atoms with Crippen LogP contribution < -0.4 is 5.73 Å². The van der Waals surface area contributed by atoms with Gasteiger partial charge in [0.05, 0.1) is 6.54 Å². The summed E-state index contributed by atoms with van der Waals surface area (Å²) in [7, 11) is 0. The van der Waals surface area contributed by atoms with Crippen LogP contribution in [-0.2, 0) is 11.3 Å². The Morgan fingerprint density at radius 2 is 2.67 bits per heavy atom. The van der Waals surface area contributed by atoms with Crippen LogP contribution in [0.25, 0.3) is 0 Å². The molecule has 5 heteroatoms. The van der Waals surface area contributed by atoms with Gasteiger partial charge < -0.3 is 15.2 Å². The fourth-order valence-corrected chi connectivity index (χ4v) is 1.18. The van der Waals surface area contributed by atoms with Crippen molar-refractivity contribution in [2.24, 2.45) is 5.73 Å². The number of likely N-dealkylation sites (tertiary alicyclic amines) is 1. The van der Waals surface area contributed by atoms with Crippen LogP contribution in [0.15, 0.2) is 16.9 Å². The van der Waals surface area contributed by atoms with Gasteiger partial charge in [-0.3, -0.25) is 4.79 Å². The minimum Gasteiger partial charge on any atom is -0.364 e. The zero-order valence-corrected chi connectivity index (χ0v) is 6.43. The van der Waals surface area contributed by atoms with Crippen LogP contribution in [0, 0.1) is 0 Å². The molecule has 0 bridgehead atoms. The van der Waals surface area contributed by atoms with Gasteiger partial charge >= 0.3 is 0 Å². The van der Waals surface area contributed by atoms with Gasteiger partial charge in [0, 0.05) is 12.6 Å². The van der Waals surface area contributed by atoms with E-state index in [2.05, 4.69) is 9.68 Å². The second-order valence-corrected chi connectivity index (χ2v) is 2.82. The summed E-state index contributed by atoms with van der Waals surface area (Å²) in [6.07, 6.45) is 1.49. The van der Waals surface area contributed by atoms with E-state index in [-0.39, 0.29) is 11.9 Å². The van der Waals surface area contributed by atoms with Crippen LogP contribution >= 0.6 is 0 Å². The monoisotopic (exact) mass is 167 g/mol. The highest BCUT2D eigenvalue weighted by Crippen LogP contribution is 2.11. The Balaban J connectivity index is 1.94. The van der Waals surface area contributed by atoms with E-state index in [9.17, 15) is 4.79 Å². The highest BCUT2D eigenvalue weighted by Gasteiger charge is 2.33. The third-order valence-electron chi connectivity index (χ3n) is 1.89. The van der Waals surface area contributed by atoms with Gasteiger partial charge in [0.2, 0.25) is 5.91 Å². The lowest BCUT2D eigenvalue weighted by atomic mass is 10.1. The first-order valence-corrected chi connectivity index (χ1v) is 3.71. The average Bonchev–Trinajstić information content (AvgIpc) is 2.56. The summed E-state index contributed by atoms with van der Waals surface area (Å²) in [5.74, 6) is -0.0157. The van der Waals surface area contributed by atoms with Gasteiger partial charge in [0.25, 0.3) is 0 Å². The highest BCUT2D eigenvalue weighted by molar-refractivity contribution is 5.87. The number of nitrogens with zero attached hydrogens (tertiary/aromatic N) is 2. The van der Waals surface area contributed by atoms with E-state index >= 15 is 0 Å². The van der Waals surface area contributed by atoms with E-state index in [4.69, 9.17) is 5.73 Å². The Bertz CT molecular complexity index is 283. The number of nitrogens with two attached hydrogens (primary N) is 1. The first-order valence-electron chi connectivity index (χ1n) is 3.71. The van der Waals surface area contributed by atoms with Crippen molar-refractivity contribution in [1.29, 1.82) is 0 Å². The fraction of sp³-hybridized carbons (Fsp3) is 0.429. The lowest BCUT2D eigenvalue weighted by Gasteiger charge is -2.35. The molecule has 5 nitrogen and oxygen atoms in total. The van der Waals surface area contributed by atoms with Crippen LogP contribution in [0.2, 0.25) is 0 Å². The zero-order chi connectivity index (χ0) is 8.55. The number of carbonyl (C=O) groups is 1. The van der Waals surface area contributed by atoms with Gasteiger partial charge in [0.1, 0.15) is 18.0 Å². The van der Waals surface area contributed by atoms with Crippen LogP contribution in [0.4, 0.5) is 0 Å². The molecule has 64 valence electrons. The van der Waals surface area contributed by atoms with E-state index in [1.165, 1.54) is 6.26 Å². The molecule has 0 aliphatic carbocycles. The smallest absolute Gasteiger partial charge is 0.241 e. The molecule has 0 aromatic carbocycles. The first-order chi connectivity index (χ1) is 5.77. The van der Waals surface area contributed by atoms with Gasteiger partial charge in [-0.05, 0) is 0 Å². The fourth-order valence-electron chi connectivity index (χ4n) is 1.18. The molecule has 2 N–H and O–H groups in total. The minimum atomic E-state index is -0.308. The highest BCUT2D eigenvalue weighted by atomic mass is 16.5. The third kappa shape index (κ3) is 1.08. The van der Waals surface area contributed by atoms with Crippen molar-refractivity contribution < 1.29 is 9.32 Å². The molecule has 1 aliphatic heterocycles. The van der Waals surface area contributed by atoms with Crippen LogP contribution in [-0.4, -0.2) is 28.6 Å². The molecule has 1 saturated heterocycles. The molecular weight excluding hydrogens is 158 g/mol. The maximum atomic E-state index is 11.0. The number of aromatic nitrogens is 1. The van der Waals surface area contributed by atoms with E-state index < -0.39 is 0 Å². The van der Waals surface area contributed by atoms with E-state index in [1.54, 1.807) is 11.0 Å². The molecule has 2 rings (SSSR count). The first kappa shape index (κ1) is 7.30. The normalized spacial score (nSPS) is 22.6. The van der Waals surface area contributed by atoms with Crippen molar-refractivity contribution in [3.8, 4) is 0 Å². The summed E-state index contributed by atoms with van der Waals surface area (Å²) in [4.78, 5) is 12.7. The SMILES string of the molecule is NC1CN(Cc2ccon2)C1=O. The van der Waals surface area contributed by atoms with Crippen molar-refractivity contribution >= 4 is 5.91 Å². The number of carbonyl (C=O) groups excluding carboxylic acids is 1. The van der Waals surface area contributed by atoms with Crippen LogP contribution in [0.1, 0.15) is 5.69 Å². The number of hydrogen-bond donors (Lipinski definition) is 1. The van der Waals surface area contributed by atoms with Crippen molar-refractivity contribution in [1.82, 2.24) is 10.1 Å². The van der Waals surface area contributed by atoms with E-state index in [1.807, 2.05) is 0 Å². The zero-order valence-electron chi connectivity index (χ0n) is 6.43. The number of β-lactam (4-membered cyclic amide) rings is 1. The van der Waals surface area contributed by atoms with Gasteiger partial charge in [0.15, 0.2) is 0 Å². The molecule has 1 aromatic heterocycles. The number of amides is 1. The number of rotatable bonds is 2. The quantitative estimate of drug-likeness (QED) is 0.594. The topological polar surface area (TPSA) is 72.4 Å². The van der Waals surface area contributed by atoms with Crippen molar-refractivity contribution in [3.63, 3.8) is 0 Å².